The van der Waals surface area contributed by atoms with Gasteiger partial charge in [-0.1, -0.05) is 37.8 Å². The van der Waals surface area contributed by atoms with Crippen LogP contribution in [0.3, 0.4) is 0 Å². The highest BCUT2D eigenvalue weighted by Gasteiger charge is 2.49. The number of hydrogen-bond acceptors (Lipinski definition) is 5. The average Bonchev–Trinajstić information content (AvgIpc) is 3.06. The summed E-state index contributed by atoms with van der Waals surface area (Å²) in [6.07, 6.45) is 12.6. The molecule has 4 fully saturated rings. The van der Waals surface area contributed by atoms with Gasteiger partial charge in [0.1, 0.15) is 5.69 Å². The van der Waals surface area contributed by atoms with E-state index in [-0.39, 0.29) is 35.8 Å². The minimum Gasteiger partial charge on any atom is -0.481 e. The Labute approximate surface area is 206 Å². The van der Waals surface area contributed by atoms with Gasteiger partial charge < -0.3 is 15.1 Å². The van der Waals surface area contributed by atoms with Crippen molar-refractivity contribution in [1.82, 2.24) is 14.5 Å². The topological polar surface area (TPSA) is 99.3 Å². The number of carboxylic acids is 1. The zero-order chi connectivity index (χ0) is 24.1. The Bertz CT molecular complexity index is 1190. The van der Waals surface area contributed by atoms with Crippen molar-refractivity contribution < 1.29 is 9.90 Å². The van der Waals surface area contributed by atoms with Gasteiger partial charge in [0, 0.05) is 24.5 Å². The number of aliphatic carboxylic acids is 1. The fraction of sp³-hybridized carbons (Fsp3) is 0.643. The van der Waals surface area contributed by atoms with Crippen molar-refractivity contribution in [3.63, 3.8) is 0 Å². The first-order chi connectivity index (χ1) is 17.0. The SMILES string of the molecule is N=C(CCC(=O)O)c1nc2ccccc2n([C@@H]2C[C@@H]3CCC[C@H]2N3C2CC3CCCC(C3)C2)c1=O. The molecule has 5 atom stereocenters. The molecule has 7 nitrogen and oxygen atoms in total. The Morgan fingerprint density at radius 2 is 1.69 bits per heavy atom. The van der Waals surface area contributed by atoms with E-state index in [2.05, 4.69) is 9.88 Å². The van der Waals surface area contributed by atoms with Crippen molar-refractivity contribution in [2.45, 2.75) is 101 Å². The van der Waals surface area contributed by atoms with Gasteiger partial charge in [-0.2, -0.15) is 0 Å². The fourth-order valence-corrected chi connectivity index (χ4v) is 8.01. The number of nitrogens with zero attached hydrogens (tertiary/aromatic N) is 3. The van der Waals surface area contributed by atoms with Crippen LogP contribution in [-0.2, 0) is 4.79 Å². The van der Waals surface area contributed by atoms with E-state index in [0.717, 1.165) is 30.2 Å². The normalized spacial score (nSPS) is 32.6. The summed E-state index contributed by atoms with van der Waals surface area (Å²) >= 11 is 0. The minimum atomic E-state index is -0.964. The molecule has 2 saturated heterocycles. The molecule has 2 saturated carbocycles. The van der Waals surface area contributed by atoms with E-state index in [9.17, 15) is 9.59 Å². The molecule has 6 rings (SSSR count). The molecule has 0 radical (unpaired) electrons. The Morgan fingerprint density at radius 3 is 2.46 bits per heavy atom. The lowest BCUT2D eigenvalue weighted by Gasteiger charge is -2.48. The summed E-state index contributed by atoms with van der Waals surface area (Å²) in [7, 11) is 0. The number of aromatic nitrogens is 2. The molecule has 2 N–H and O–H groups in total. The zero-order valence-electron chi connectivity index (χ0n) is 20.4. The van der Waals surface area contributed by atoms with Gasteiger partial charge in [-0.05, 0) is 62.5 Å². The third-order valence-electron chi connectivity index (χ3n) is 9.32. The Hall–Kier alpha value is -2.54. The second kappa shape index (κ2) is 9.16. The molecular formula is C28H36N4O3. The van der Waals surface area contributed by atoms with Gasteiger partial charge in [0.25, 0.3) is 5.56 Å². The number of carboxylic acid groups (broad SMARTS) is 1. The molecule has 1 aromatic carbocycles. The van der Waals surface area contributed by atoms with Gasteiger partial charge in [0.05, 0.1) is 29.2 Å². The van der Waals surface area contributed by atoms with Gasteiger partial charge >= 0.3 is 5.97 Å². The molecule has 2 unspecified atom stereocenters. The summed E-state index contributed by atoms with van der Waals surface area (Å²) in [5, 5.41) is 17.6. The Kier molecular flexibility index (Phi) is 5.99. The first-order valence-electron chi connectivity index (χ1n) is 13.6. The van der Waals surface area contributed by atoms with Crippen molar-refractivity contribution in [2.75, 3.05) is 0 Å². The van der Waals surface area contributed by atoms with Crippen LogP contribution >= 0.6 is 0 Å². The molecule has 35 heavy (non-hydrogen) atoms. The molecule has 7 heteroatoms. The summed E-state index contributed by atoms with van der Waals surface area (Å²) in [5.41, 5.74) is 1.46. The van der Waals surface area contributed by atoms with Crippen LogP contribution < -0.4 is 5.56 Å². The third kappa shape index (κ3) is 4.11. The van der Waals surface area contributed by atoms with Crippen LogP contribution in [0.4, 0.5) is 0 Å². The van der Waals surface area contributed by atoms with Crippen molar-refractivity contribution in [2.24, 2.45) is 11.8 Å². The zero-order valence-corrected chi connectivity index (χ0v) is 20.4. The highest BCUT2D eigenvalue weighted by atomic mass is 16.4. The Morgan fingerprint density at radius 1 is 0.943 bits per heavy atom. The summed E-state index contributed by atoms with van der Waals surface area (Å²) in [4.78, 5) is 32.3. The quantitative estimate of drug-likeness (QED) is 0.585. The maximum atomic E-state index is 13.9. The van der Waals surface area contributed by atoms with E-state index >= 15 is 0 Å². The van der Waals surface area contributed by atoms with Crippen LogP contribution in [0.1, 0.15) is 88.8 Å². The highest BCUT2D eigenvalue weighted by Crippen LogP contribution is 2.49. The van der Waals surface area contributed by atoms with Crippen LogP contribution in [-0.4, -0.2) is 49.4 Å². The lowest BCUT2D eigenvalue weighted by atomic mass is 9.69. The van der Waals surface area contributed by atoms with E-state index in [4.69, 9.17) is 10.5 Å². The van der Waals surface area contributed by atoms with Crippen LogP contribution in [0.2, 0.25) is 0 Å². The standard InChI is InChI=1S/C28H36N4O3/c29-21(11-12-26(33)34)27-28(35)32(23-9-2-1-8-22(23)30-27)25-16-19-7-4-10-24(25)31(19)20-14-17-5-3-6-18(13-17)15-20/h1-2,8-9,17-20,24-25,29H,3-7,10-16H2,(H,33,34)/t17?,18?,19-,20?,24+,25+/m0/s1. The van der Waals surface area contributed by atoms with Gasteiger partial charge in [-0.15, -0.1) is 0 Å². The van der Waals surface area contributed by atoms with Crippen LogP contribution in [0.25, 0.3) is 11.0 Å². The smallest absolute Gasteiger partial charge is 0.303 e. The number of hydrogen-bond donors (Lipinski definition) is 2. The van der Waals surface area contributed by atoms with E-state index in [1.807, 2.05) is 28.8 Å². The maximum Gasteiger partial charge on any atom is 0.303 e. The van der Waals surface area contributed by atoms with Crippen LogP contribution in [0.15, 0.2) is 29.1 Å². The van der Waals surface area contributed by atoms with E-state index in [0.29, 0.717) is 23.6 Å². The highest BCUT2D eigenvalue weighted by molar-refractivity contribution is 5.98. The number of rotatable bonds is 6. The summed E-state index contributed by atoms with van der Waals surface area (Å²) in [6, 6.07) is 9.34. The first-order valence-corrected chi connectivity index (χ1v) is 13.6. The summed E-state index contributed by atoms with van der Waals surface area (Å²) in [6.45, 7) is 0. The fourth-order valence-electron chi connectivity index (χ4n) is 8.01. The number of piperidine rings is 1. The molecular weight excluding hydrogens is 440 g/mol. The molecule has 3 heterocycles. The Balaban J connectivity index is 1.38. The van der Waals surface area contributed by atoms with Crippen LogP contribution in [0, 0.1) is 17.2 Å². The second-order valence-corrected chi connectivity index (χ2v) is 11.4. The van der Waals surface area contributed by atoms with Crippen molar-refractivity contribution in [3.05, 3.63) is 40.3 Å². The molecule has 0 amide bonds. The molecule has 2 aliphatic heterocycles. The number of benzene rings is 1. The van der Waals surface area contributed by atoms with E-state index < -0.39 is 5.97 Å². The monoisotopic (exact) mass is 476 g/mol. The third-order valence-corrected chi connectivity index (χ3v) is 9.32. The predicted molar refractivity (Wildman–Crippen MR) is 135 cm³/mol. The number of carbonyl (C=O) groups is 1. The molecule has 1 aromatic heterocycles. The van der Waals surface area contributed by atoms with Gasteiger partial charge in [-0.3, -0.25) is 14.5 Å². The lowest BCUT2D eigenvalue weighted by Crippen LogP contribution is -2.51. The van der Waals surface area contributed by atoms with Crippen molar-refractivity contribution >= 4 is 22.7 Å². The van der Waals surface area contributed by atoms with Crippen molar-refractivity contribution in [1.29, 1.82) is 5.41 Å². The molecule has 4 aliphatic rings. The summed E-state index contributed by atoms with van der Waals surface area (Å²) < 4.78 is 1.94. The van der Waals surface area contributed by atoms with E-state index in [1.54, 1.807) is 0 Å². The molecule has 2 aliphatic carbocycles. The van der Waals surface area contributed by atoms with Crippen molar-refractivity contribution in [3.8, 4) is 0 Å². The predicted octanol–water partition coefficient (Wildman–Crippen LogP) is 4.77. The number of nitrogens with one attached hydrogen (secondary N) is 1. The molecule has 4 bridgehead atoms. The van der Waals surface area contributed by atoms with Gasteiger partial charge in [-0.25, -0.2) is 4.98 Å². The number of para-hydroxylation sites is 2. The first kappa shape index (κ1) is 22.9. The van der Waals surface area contributed by atoms with Gasteiger partial charge in [0.15, 0.2) is 0 Å². The largest absolute Gasteiger partial charge is 0.481 e. The maximum absolute atomic E-state index is 13.9. The molecule has 0 spiro atoms. The average molecular weight is 477 g/mol. The lowest BCUT2D eigenvalue weighted by molar-refractivity contribution is -0.136. The van der Waals surface area contributed by atoms with Gasteiger partial charge in [0.2, 0.25) is 0 Å². The van der Waals surface area contributed by atoms with Crippen LogP contribution in [0.5, 0.6) is 0 Å². The summed E-state index contributed by atoms with van der Waals surface area (Å²) in [5.74, 6) is 0.782. The minimum absolute atomic E-state index is 0.0175. The van der Waals surface area contributed by atoms with E-state index in [1.165, 1.54) is 51.4 Å². The number of fused-ring (bicyclic) bond motifs is 5. The second-order valence-electron chi connectivity index (χ2n) is 11.4. The molecule has 186 valence electrons. The molecule has 2 aromatic rings.